The molecule has 1 heterocycles. The van der Waals surface area contributed by atoms with Gasteiger partial charge in [0.05, 0.1) is 17.5 Å². The van der Waals surface area contributed by atoms with Crippen molar-refractivity contribution in [2.45, 2.75) is 11.0 Å². The van der Waals surface area contributed by atoms with Crippen LogP contribution in [0, 0.1) is 5.92 Å². The van der Waals surface area contributed by atoms with Gasteiger partial charge in [0.15, 0.2) is 0 Å². The van der Waals surface area contributed by atoms with Gasteiger partial charge in [0.1, 0.15) is 5.92 Å². The number of carbonyl (C=O) groups is 3. The van der Waals surface area contributed by atoms with Crippen LogP contribution in [-0.4, -0.2) is 48.9 Å². The minimum Gasteiger partial charge on any atom is -0.390 e. The predicted molar refractivity (Wildman–Crippen MR) is 80.6 cm³/mol. The molecule has 1 saturated heterocycles. The molecule has 132 valence electrons. The summed E-state index contributed by atoms with van der Waals surface area (Å²) in [6, 6.07) is 4.20. The summed E-state index contributed by atoms with van der Waals surface area (Å²) in [7, 11) is -4.35. The molecule has 0 aromatic heterocycles. The number of nitrogens with zero attached hydrogens (tertiary/aromatic N) is 4. The summed E-state index contributed by atoms with van der Waals surface area (Å²) in [5, 5.41) is 13.1. The van der Waals surface area contributed by atoms with Gasteiger partial charge in [-0.1, -0.05) is 0 Å². The Morgan fingerprint density at radius 1 is 1.36 bits per heavy atom. The first-order chi connectivity index (χ1) is 11.7. The number of aliphatic hydroxyl groups excluding tert-OH is 1. The van der Waals surface area contributed by atoms with Crippen molar-refractivity contribution < 1.29 is 27.9 Å². The van der Waals surface area contributed by atoms with Gasteiger partial charge in [0.2, 0.25) is 11.8 Å². The Morgan fingerprint density at radius 2 is 1.96 bits per heavy atom. The maximum absolute atomic E-state index is 12.2. The molecule has 0 saturated carbocycles. The smallest absolute Gasteiger partial charge is 0.264 e. The van der Waals surface area contributed by atoms with E-state index in [0.717, 1.165) is 24.3 Å². The summed E-state index contributed by atoms with van der Waals surface area (Å²) in [5.74, 6) is 0.602. The molecule has 2 atom stereocenters. The van der Waals surface area contributed by atoms with Crippen LogP contribution in [0.5, 0.6) is 0 Å². The molecule has 12 nitrogen and oxygen atoms in total. The Labute approximate surface area is 140 Å². The van der Waals surface area contributed by atoms with Gasteiger partial charge in [0.25, 0.3) is 15.9 Å². The highest BCUT2D eigenvalue weighted by Gasteiger charge is 2.44. The van der Waals surface area contributed by atoms with Crippen LogP contribution in [0.2, 0.25) is 0 Å². The number of nitrogens with two attached hydrogens (primary N) is 1. The molecule has 2 rings (SSSR count). The van der Waals surface area contributed by atoms with E-state index in [0.29, 0.717) is 5.01 Å². The van der Waals surface area contributed by atoms with E-state index < -0.39 is 39.8 Å². The number of benzene rings is 1. The van der Waals surface area contributed by atoms with Crippen molar-refractivity contribution in [3.63, 3.8) is 0 Å². The zero-order chi connectivity index (χ0) is 18.8. The summed E-state index contributed by atoms with van der Waals surface area (Å²) in [6.07, 6.45) is -1.43. The van der Waals surface area contributed by atoms with Gasteiger partial charge < -0.3 is 5.11 Å². The van der Waals surface area contributed by atoms with Crippen molar-refractivity contribution in [2.24, 2.45) is 16.9 Å². The second kappa shape index (κ2) is 6.86. The molecule has 1 fully saturated rings. The molecule has 0 radical (unpaired) electrons. The average Bonchev–Trinajstić information content (AvgIpc) is 2.80. The topological polar surface area (TPSA) is 196 Å². The van der Waals surface area contributed by atoms with E-state index in [9.17, 15) is 27.9 Å². The molecule has 3 amide bonds. The number of aliphatic hydroxyl groups is 1. The number of hydrogen-bond donors (Lipinski definition) is 3. The molecule has 0 bridgehead atoms. The van der Waals surface area contributed by atoms with Crippen LogP contribution in [0.4, 0.5) is 0 Å². The first kappa shape index (κ1) is 18.4. The van der Waals surface area contributed by atoms with Crippen LogP contribution >= 0.6 is 0 Å². The summed E-state index contributed by atoms with van der Waals surface area (Å²) >= 11 is 0. The second-order valence-electron chi connectivity index (χ2n) is 5.02. The van der Waals surface area contributed by atoms with E-state index in [1.54, 1.807) is 4.72 Å². The quantitative estimate of drug-likeness (QED) is 0.145. The standard InChI is InChI=1S/C12H12N6O6S/c13-17-15-10(20)6-1-3-7(4-2-6)25(23,24)16-11(21)9-8(19)5-18(14)12(9)22/h1-4,8-9,19H,5,14H2,(H,16,21). The third kappa shape index (κ3) is 3.75. The van der Waals surface area contributed by atoms with Gasteiger partial charge in [-0.25, -0.2) is 19.0 Å². The van der Waals surface area contributed by atoms with Gasteiger partial charge in [-0.3, -0.25) is 19.4 Å². The van der Waals surface area contributed by atoms with E-state index in [1.807, 2.05) is 0 Å². The van der Waals surface area contributed by atoms with Crippen LogP contribution in [0.25, 0.3) is 10.4 Å². The Kier molecular flexibility index (Phi) is 5.04. The molecule has 4 N–H and O–H groups in total. The van der Waals surface area contributed by atoms with Gasteiger partial charge >= 0.3 is 0 Å². The molecule has 13 heteroatoms. The van der Waals surface area contributed by atoms with Crippen LogP contribution in [0.3, 0.4) is 0 Å². The first-order valence-electron chi connectivity index (χ1n) is 6.67. The number of β-amino-alcohol motifs (C(OH)–C–C–N with tert-alkyl or cyclic N) is 1. The third-order valence-electron chi connectivity index (χ3n) is 3.38. The monoisotopic (exact) mass is 368 g/mol. The highest BCUT2D eigenvalue weighted by molar-refractivity contribution is 7.90. The lowest BCUT2D eigenvalue weighted by Crippen LogP contribution is -2.43. The number of rotatable bonds is 4. The lowest BCUT2D eigenvalue weighted by Gasteiger charge is -2.12. The number of amides is 3. The third-order valence-corrected chi connectivity index (χ3v) is 4.74. The maximum Gasteiger partial charge on any atom is 0.264 e. The molecule has 1 aliphatic heterocycles. The van der Waals surface area contributed by atoms with E-state index in [1.165, 1.54) is 0 Å². The molecule has 1 aromatic rings. The molecule has 1 aromatic carbocycles. The number of nitrogens with one attached hydrogen (secondary N) is 1. The predicted octanol–water partition coefficient (Wildman–Crippen LogP) is -1.36. The molecular formula is C12H12N6O6S. The van der Waals surface area contributed by atoms with Crippen molar-refractivity contribution >= 4 is 27.7 Å². The van der Waals surface area contributed by atoms with E-state index in [2.05, 4.69) is 10.0 Å². The molecule has 0 aliphatic carbocycles. The molecule has 1 aliphatic rings. The normalized spacial score (nSPS) is 20.1. The largest absolute Gasteiger partial charge is 0.390 e. The Hall–Kier alpha value is -2.99. The van der Waals surface area contributed by atoms with Gasteiger partial charge in [-0.2, -0.15) is 0 Å². The highest BCUT2D eigenvalue weighted by Crippen LogP contribution is 2.18. The van der Waals surface area contributed by atoms with Gasteiger partial charge in [0, 0.05) is 10.5 Å². The Balaban J connectivity index is 2.19. The molecule has 25 heavy (non-hydrogen) atoms. The van der Waals surface area contributed by atoms with Crippen LogP contribution in [-0.2, 0) is 19.6 Å². The van der Waals surface area contributed by atoms with Crippen molar-refractivity contribution in [2.75, 3.05) is 6.54 Å². The Morgan fingerprint density at radius 3 is 2.44 bits per heavy atom. The van der Waals surface area contributed by atoms with Crippen LogP contribution in [0.15, 0.2) is 34.3 Å². The SMILES string of the molecule is [N-]=[N+]=NC(=O)c1ccc(S(=O)(=O)NC(=O)C2C(=O)N(N)CC2O)cc1. The van der Waals surface area contributed by atoms with E-state index >= 15 is 0 Å². The molecular weight excluding hydrogens is 356 g/mol. The minimum atomic E-state index is -4.35. The summed E-state index contributed by atoms with van der Waals surface area (Å²) in [5.41, 5.74) is 8.13. The fourth-order valence-electron chi connectivity index (χ4n) is 2.16. The van der Waals surface area contributed by atoms with Crippen molar-refractivity contribution in [1.29, 1.82) is 0 Å². The molecule has 2 unspecified atom stereocenters. The van der Waals surface area contributed by atoms with Gasteiger partial charge in [-0.15, -0.1) is 0 Å². The van der Waals surface area contributed by atoms with Crippen molar-refractivity contribution in [3.8, 4) is 0 Å². The number of hydrazine groups is 1. The van der Waals surface area contributed by atoms with E-state index in [4.69, 9.17) is 11.4 Å². The average molecular weight is 368 g/mol. The first-order valence-corrected chi connectivity index (χ1v) is 8.16. The lowest BCUT2D eigenvalue weighted by atomic mass is 10.1. The number of sulfonamides is 1. The Bertz CT molecular complexity index is 876. The number of hydrogen-bond acceptors (Lipinski definition) is 7. The summed E-state index contributed by atoms with van der Waals surface area (Å²) in [6.45, 7) is -0.298. The zero-order valence-corrected chi connectivity index (χ0v) is 13.3. The van der Waals surface area contributed by atoms with Crippen LogP contribution in [0.1, 0.15) is 10.4 Å². The number of azide groups is 1. The minimum absolute atomic E-state index is 0.0526. The lowest BCUT2D eigenvalue weighted by molar-refractivity contribution is -0.138. The summed E-state index contributed by atoms with van der Waals surface area (Å²) < 4.78 is 26.0. The zero-order valence-electron chi connectivity index (χ0n) is 12.4. The number of carbonyl (C=O) groups excluding carboxylic acids is 3. The fraction of sp³-hybridized carbons (Fsp3) is 0.250. The fourth-order valence-corrected chi connectivity index (χ4v) is 3.16. The van der Waals surface area contributed by atoms with Crippen molar-refractivity contribution in [1.82, 2.24) is 9.73 Å². The summed E-state index contributed by atoms with van der Waals surface area (Å²) in [4.78, 5) is 37.0. The van der Waals surface area contributed by atoms with E-state index in [-0.39, 0.29) is 17.0 Å². The molecule has 0 spiro atoms. The van der Waals surface area contributed by atoms with Crippen LogP contribution < -0.4 is 10.6 Å². The maximum atomic E-state index is 12.2. The van der Waals surface area contributed by atoms with Crippen molar-refractivity contribution in [3.05, 3.63) is 40.3 Å². The highest BCUT2D eigenvalue weighted by atomic mass is 32.2. The van der Waals surface area contributed by atoms with Gasteiger partial charge in [-0.05, 0) is 34.9 Å². The second-order valence-corrected chi connectivity index (χ2v) is 6.71.